The maximum absolute atomic E-state index is 4.93. The number of allylic oxidation sites excluding steroid dienone is 8. The summed E-state index contributed by atoms with van der Waals surface area (Å²) >= 11 is -0.826. The van der Waals surface area contributed by atoms with E-state index < -0.39 is 28.9 Å². The number of benzene rings is 1. The van der Waals surface area contributed by atoms with E-state index in [4.69, 9.17) is 17.0 Å². The summed E-state index contributed by atoms with van der Waals surface area (Å²) in [6, 6.07) is 11.5. The van der Waals surface area contributed by atoms with Crippen LogP contribution in [-0.4, -0.2) is 8.07 Å². The van der Waals surface area contributed by atoms with Crippen LogP contribution in [0.2, 0.25) is 24.2 Å². The van der Waals surface area contributed by atoms with Crippen LogP contribution in [0.4, 0.5) is 0 Å². The molecule has 1 aromatic rings. The molecule has 0 aliphatic heterocycles. The van der Waals surface area contributed by atoms with Crippen LogP contribution in [0, 0.1) is 50.4 Å². The first-order valence-corrected chi connectivity index (χ1v) is 21.6. The summed E-state index contributed by atoms with van der Waals surface area (Å²) in [5.74, 6) is 5.29. The normalized spacial score (nSPS) is 36.8. The minimum absolute atomic E-state index is 0. The Morgan fingerprint density at radius 3 is 1.74 bits per heavy atom. The van der Waals surface area contributed by atoms with Crippen LogP contribution in [0.5, 0.6) is 0 Å². The van der Waals surface area contributed by atoms with Gasteiger partial charge in [-0.3, -0.25) is 0 Å². The number of hydrogen-bond donors (Lipinski definition) is 0. The molecule has 2 saturated carbocycles. The molecule has 184 valence electrons. The maximum atomic E-state index is 4.93. The second kappa shape index (κ2) is 12.9. The van der Waals surface area contributed by atoms with Gasteiger partial charge in [0.2, 0.25) is 0 Å². The van der Waals surface area contributed by atoms with E-state index in [1.54, 1.807) is 5.56 Å². The number of halogens is 2. The molecule has 2 fully saturated rings. The van der Waals surface area contributed by atoms with Crippen LogP contribution in [0.15, 0.2) is 78.9 Å². The zero-order valence-electron chi connectivity index (χ0n) is 21.7. The minimum atomic E-state index is -1.56. The summed E-state index contributed by atoms with van der Waals surface area (Å²) in [5, 5.41) is 0. The number of rotatable bonds is 3. The average molecular weight is 593 g/mol. The third kappa shape index (κ3) is 5.56. The topological polar surface area (TPSA) is 0 Å². The summed E-state index contributed by atoms with van der Waals surface area (Å²) in [5.41, 5.74) is 3.31. The van der Waals surface area contributed by atoms with E-state index in [0.717, 1.165) is 46.6 Å². The van der Waals surface area contributed by atoms with Gasteiger partial charge in [-0.15, -0.1) is 0 Å². The zero-order chi connectivity index (χ0) is 22.9. The molecule has 4 aliphatic carbocycles. The van der Waals surface area contributed by atoms with E-state index in [0.29, 0.717) is 5.92 Å². The Labute approximate surface area is 229 Å². The van der Waals surface area contributed by atoms with E-state index >= 15 is 0 Å². The summed E-state index contributed by atoms with van der Waals surface area (Å²) < 4.78 is 0. The van der Waals surface area contributed by atoms with Crippen LogP contribution in [0.1, 0.15) is 31.7 Å². The molecule has 1 aromatic carbocycles. The fourth-order valence-corrected chi connectivity index (χ4v) is 14.6. The van der Waals surface area contributed by atoms with Crippen molar-refractivity contribution >= 4 is 25.1 Å². The van der Waals surface area contributed by atoms with Gasteiger partial charge < -0.3 is 14.9 Å². The van der Waals surface area contributed by atoms with Crippen molar-refractivity contribution in [3.8, 4) is 0 Å². The molecular formula is C30H42Cl2SiZr. The Morgan fingerprint density at radius 1 is 0.735 bits per heavy atom. The molecule has 8 unspecified atom stereocenters. The summed E-state index contributed by atoms with van der Waals surface area (Å²) in [4.78, 5) is 0. The van der Waals surface area contributed by atoms with E-state index in [1.165, 1.54) is 6.42 Å². The van der Waals surface area contributed by atoms with Crippen LogP contribution < -0.4 is 0 Å². The van der Waals surface area contributed by atoms with Crippen LogP contribution in [0.3, 0.4) is 0 Å². The molecule has 0 nitrogen and oxygen atoms in total. The Balaban J connectivity index is 0.000000778. The quantitative estimate of drug-likeness (QED) is 0.242. The molecule has 0 amide bonds. The average Bonchev–Trinajstić information content (AvgIpc) is 3.32. The predicted molar refractivity (Wildman–Crippen MR) is 152 cm³/mol. The van der Waals surface area contributed by atoms with Gasteiger partial charge in [0, 0.05) is 0 Å². The first-order chi connectivity index (χ1) is 15.4. The second-order valence-electron chi connectivity index (χ2n) is 10.9. The SMILES string of the molecule is CC1C2C=CC=CC2C(C)C1[Si](C)(C)C1C(c2ccccc2)CC2C=CC=CC21.[CH3-].[CH3-].[Cl][Zr+2][Cl]. The van der Waals surface area contributed by atoms with Gasteiger partial charge >= 0.3 is 37.9 Å². The van der Waals surface area contributed by atoms with Gasteiger partial charge in [-0.05, 0) is 64.5 Å². The van der Waals surface area contributed by atoms with E-state index in [1.807, 2.05) is 0 Å². The molecule has 0 aromatic heterocycles. The van der Waals surface area contributed by atoms with Crippen molar-refractivity contribution in [1.29, 1.82) is 0 Å². The van der Waals surface area contributed by atoms with Crippen molar-refractivity contribution in [3.05, 3.63) is 99.4 Å². The molecule has 4 heteroatoms. The molecule has 8 atom stereocenters. The zero-order valence-corrected chi connectivity index (χ0v) is 26.6. The van der Waals surface area contributed by atoms with Crippen molar-refractivity contribution in [2.45, 2.75) is 50.4 Å². The van der Waals surface area contributed by atoms with E-state index in [9.17, 15) is 0 Å². The molecule has 0 heterocycles. The van der Waals surface area contributed by atoms with E-state index in [2.05, 4.69) is 106 Å². The third-order valence-corrected chi connectivity index (χ3v) is 14.5. The summed E-state index contributed by atoms with van der Waals surface area (Å²) in [6.45, 7) is 10.7. The number of fused-ring (bicyclic) bond motifs is 2. The molecule has 4 aliphatic rings. The fourth-order valence-electron chi connectivity index (χ4n) is 8.29. The Bertz CT molecular complexity index is 866. The molecule has 5 rings (SSSR count). The van der Waals surface area contributed by atoms with Gasteiger partial charge in [-0.2, -0.15) is 0 Å². The van der Waals surface area contributed by atoms with Crippen LogP contribution in [-0.2, 0) is 20.8 Å². The fraction of sp³-hybridized carbons (Fsp3) is 0.467. The first-order valence-electron chi connectivity index (χ1n) is 12.1. The Hall–Kier alpha value is -0.140. The van der Waals surface area contributed by atoms with Crippen molar-refractivity contribution in [3.63, 3.8) is 0 Å². The molecule has 0 saturated heterocycles. The Morgan fingerprint density at radius 2 is 1.21 bits per heavy atom. The third-order valence-electron chi connectivity index (χ3n) is 9.19. The molecule has 0 radical (unpaired) electrons. The molecule has 34 heavy (non-hydrogen) atoms. The summed E-state index contributed by atoms with van der Waals surface area (Å²) in [6.07, 6.45) is 20.7. The van der Waals surface area contributed by atoms with Crippen molar-refractivity contribution < 1.29 is 20.8 Å². The molecule has 0 N–H and O–H groups in total. The van der Waals surface area contributed by atoms with Crippen molar-refractivity contribution in [2.24, 2.45) is 35.5 Å². The molecule has 0 spiro atoms. The first kappa shape index (κ1) is 30.1. The Kier molecular flexibility index (Phi) is 11.4. The van der Waals surface area contributed by atoms with Crippen molar-refractivity contribution in [2.75, 3.05) is 0 Å². The van der Waals surface area contributed by atoms with Crippen molar-refractivity contribution in [1.82, 2.24) is 0 Å². The van der Waals surface area contributed by atoms with Gasteiger partial charge in [-0.1, -0.05) is 106 Å². The van der Waals surface area contributed by atoms with Gasteiger partial charge in [0.25, 0.3) is 0 Å². The standard InChI is InChI=1S/C28H36Si.2CH3.2ClH.Zr/c1-19-23-15-10-11-16-24(23)20(2)27(19)29(3,4)28-25-17-9-8-14-22(25)18-26(28)21-12-6-5-7-13-21;;;;;/h5-17,19-20,22-28H,18H2,1-4H3;2*1H3;2*1H;/q;2*-1;;;+4/p-2. The molecule has 0 bridgehead atoms. The van der Waals surface area contributed by atoms with Gasteiger partial charge in [0.05, 0.1) is 8.07 Å². The number of hydrogen-bond acceptors (Lipinski definition) is 0. The summed E-state index contributed by atoms with van der Waals surface area (Å²) in [7, 11) is 8.31. The second-order valence-corrected chi connectivity index (χ2v) is 19.6. The van der Waals surface area contributed by atoms with Crippen LogP contribution in [0.25, 0.3) is 0 Å². The predicted octanol–water partition coefficient (Wildman–Crippen LogP) is 9.90. The van der Waals surface area contributed by atoms with Gasteiger partial charge in [0.15, 0.2) is 0 Å². The monoisotopic (exact) mass is 590 g/mol. The van der Waals surface area contributed by atoms with E-state index in [-0.39, 0.29) is 14.9 Å². The molecular weight excluding hydrogens is 551 g/mol. The van der Waals surface area contributed by atoms with Crippen LogP contribution >= 0.6 is 17.0 Å². The van der Waals surface area contributed by atoms with Gasteiger partial charge in [-0.25, -0.2) is 0 Å². The van der Waals surface area contributed by atoms with Gasteiger partial charge in [0.1, 0.15) is 0 Å².